The Morgan fingerprint density at radius 1 is 1.35 bits per heavy atom. The SMILES string of the molecule is C[C@H]1CCc2c(sc3ncnc(Oc4ccc(F)cc4Cl)c23)C1. The van der Waals surface area contributed by atoms with Gasteiger partial charge in [-0.05, 0) is 48.9 Å². The second-order valence-corrected chi connectivity index (χ2v) is 7.38. The van der Waals surface area contributed by atoms with Crippen LogP contribution in [0.1, 0.15) is 23.8 Å². The van der Waals surface area contributed by atoms with E-state index in [4.69, 9.17) is 16.3 Å². The third kappa shape index (κ3) is 2.68. The van der Waals surface area contributed by atoms with Crippen molar-refractivity contribution in [3.63, 3.8) is 0 Å². The van der Waals surface area contributed by atoms with Gasteiger partial charge in [-0.25, -0.2) is 14.4 Å². The highest BCUT2D eigenvalue weighted by Crippen LogP contribution is 2.42. The van der Waals surface area contributed by atoms with E-state index in [9.17, 15) is 4.39 Å². The molecule has 118 valence electrons. The lowest BCUT2D eigenvalue weighted by Gasteiger charge is -2.18. The number of rotatable bonds is 2. The van der Waals surface area contributed by atoms with Gasteiger partial charge in [0.1, 0.15) is 22.7 Å². The quantitative estimate of drug-likeness (QED) is 0.621. The maximum atomic E-state index is 13.2. The Kier molecular flexibility index (Phi) is 3.70. The molecule has 0 saturated heterocycles. The predicted octanol–water partition coefficient (Wildman–Crippen LogP) is 5.40. The average Bonchev–Trinajstić information content (AvgIpc) is 2.88. The molecular weight excluding hydrogens is 335 g/mol. The molecule has 0 N–H and O–H groups in total. The van der Waals surface area contributed by atoms with Crippen molar-refractivity contribution in [1.82, 2.24) is 9.97 Å². The summed E-state index contributed by atoms with van der Waals surface area (Å²) >= 11 is 7.77. The largest absolute Gasteiger partial charge is 0.437 e. The highest BCUT2D eigenvalue weighted by Gasteiger charge is 2.24. The molecule has 23 heavy (non-hydrogen) atoms. The van der Waals surface area contributed by atoms with E-state index >= 15 is 0 Å². The van der Waals surface area contributed by atoms with Gasteiger partial charge in [0.2, 0.25) is 5.88 Å². The van der Waals surface area contributed by atoms with Gasteiger partial charge in [-0.15, -0.1) is 11.3 Å². The molecule has 0 saturated carbocycles. The minimum Gasteiger partial charge on any atom is -0.437 e. The van der Waals surface area contributed by atoms with E-state index in [-0.39, 0.29) is 5.02 Å². The molecule has 6 heteroatoms. The summed E-state index contributed by atoms with van der Waals surface area (Å²) in [5.74, 6) is 1.20. The number of halogens is 2. The van der Waals surface area contributed by atoms with Crippen molar-refractivity contribution in [3.8, 4) is 11.6 Å². The molecule has 1 atom stereocenters. The zero-order chi connectivity index (χ0) is 16.0. The summed E-state index contributed by atoms with van der Waals surface area (Å²) in [6.45, 7) is 2.27. The number of hydrogen-bond donors (Lipinski definition) is 0. The lowest BCUT2D eigenvalue weighted by Crippen LogP contribution is -2.08. The predicted molar refractivity (Wildman–Crippen MR) is 90.1 cm³/mol. The molecule has 0 amide bonds. The van der Waals surface area contributed by atoms with Gasteiger partial charge in [0.05, 0.1) is 10.4 Å². The molecule has 3 nitrogen and oxygen atoms in total. The van der Waals surface area contributed by atoms with Gasteiger partial charge in [-0.2, -0.15) is 0 Å². The molecule has 0 fully saturated rings. The molecule has 3 aromatic rings. The van der Waals surface area contributed by atoms with Gasteiger partial charge in [0.25, 0.3) is 0 Å². The monoisotopic (exact) mass is 348 g/mol. The van der Waals surface area contributed by atoms with Crippen LogP contribution >= 0.6 is 22.9 Å². The van der Waals surface area contributed by atoms with Gasteiger partial charge in [-0.1, -0.05) is 18.5 Å². The Labute approximate surface area is 142 Å². The molecule has 2 heterocycles. The van der Waals surface area contributed by atoms with E-state index in [1.807, 2.05) is 0 Å². The molecule has 2 aromatic heterocycles. The number of fused-ring (bicyclic) bond motifs is 3. The summed E-state index contributed by atoms with van der Waals surface area (Å²) in [7, 11) is 0. The Hall–Kier alpha value is -1.72. The standard InChI is InChI=1S/C17H14ClFN2OS/c1-9-2-4-11-14(6-9)23-17-15(11)16(20-8-21-17)22-13-5-3-10(19)7-12(13)18/h3,5,7-9H,2,4,6H2,1H3/t9-/m0/s1. The lowest BCUT2D eigenvalue weighted by atomic mass is 9.89. The van der Waals surface area contributed by atoms with Crippen molar-refractivity contribution in [2.75, 3.05) is 0 Å². The minimum absolute atomic E-state index is 0.231. The summed E-state index contributed by atoms with van der Waals surface area (Å²) in [6, 6.07) is 4.08. The number of aromatic nitrogens is 2. The molecule has 1 aliphatic rings. The highest BCUT2D eigenvalue weighted by atomic mass is 35.5. The van der Waals surface area contributed by atoms with Crippen molar-refractivity contribution in [3.05, 3.63) is 45.8 Å². The molecule has 1 aliphatic carbocycles. The van der Waals surface area contributed by atoms with Crippen LogP contribution in [0.3, 0.4) is 0 Å². The second-order valence-electron chi connectivity index (χ2n) is 5.89. The third-order valence-electron chi connectivity index (χ3n) is 4.16. The van der Waals surface area contributed by atoms with Crippen molar-refractivity contribution in [2.24, 2.45) is 5.92 Å². The summed E-state index contributed by atoms with van der Waals surface area (Å²) in [5, 5.41) is 1.20. The fourth-order valence-corrected chi connectivity index (χ4v) is 4.53. The van der Waals surface area contributed by atoms with Gasteiger partial charge in [0, 0.05) is 4.88 Å². The Balaban J connectivity index is 1.81. The van der Waals surface area contributed by atoms with Crippen molar-refractivity contribution in [1.29, 1.82) is 0 Å². The molecule has 0 aliphatic heterocycles. The van der Waals surface area contributed by atoms with Gasteiger partial charge in [-0.3, -0.25) is 0 Å². The molecule has 0 bridgehead atoms. The van der Waals surface area contributed by atoms with E-state index < -0.39 is 5.82 Å². The van der Waals surface area contributed by atoms with Crippen molar-refractivity contribution in [2.45, 2.75) is 26.2 Å². The highest BCUT2D eigenvalue weighted by molar-refractivity contribution is 7.18. The van der Waals surface area contributed by atoms with Crippen LogP contribution in [0.5, 0.6) is 11.6 Å². The zero-order valence-corrected chi connectivity index (χ0v) is 14.0. The first-order chi connectivity index (χ1) is 11.1. The molecule has 0 radical (unpaired) electrons. The molecule has 0 spiro atoms. The molecular formula is C17H14ClFN2OS. The van der Waals surface area contributed by atoms with E-state index in [0.717, 1.165) is 29.5 Å². The van der Waals surface area contributed by atoms with Gasteiger partial charge >= 0.3 is 0 Å². The maximum Gasteiger partial charge on any atom is 0.231 e. The number of thiophene rings is 1. The number of ether oxygens (including phenoxy) is 1. The first-order valence-corrected chi connectivity index (χ1v) is 8.69. The normalized spacial score (nSPS) is 17.3. The van der Waals surface area contributed by atoms with Crippen LogP contribution in [0.2, 0.25) is 5.02 Å². The lowest BCUT2D eigenvalue weighted by molar-refractivity contribution is 0.465. The number of hydrogen-bond acceptors (Lipinski definition) is 4. The maximum absolute atomic E-state index is 13.2. The van der Waals surface area contributed by atoms with E-state index in [0.29, 0.717) is 17.5 Å². The fourth-order valence-electron chi connectivity index (χ4n) is 2.99. The topological polar surface area (TPSA) is 35.0 Å². The van der Waals surface area contributed by atoms with E-state index in [2.05, 4.69) is 16.9 Å². The van der Waals surface area contributed by atoms with Crippen LogP contribution in [-0.4, -0.2) is 9.97 Å². The van der Waals surface area contributed by atoms with Crippen molar-refractivity contribution < 1.29 is 9.13 Å². The Bertz CT molecular complexity index is 896. The van der Waals surface area contributed by atoms with Gasteiger partial charge in [0.15, 0.2) is 0 Å². The molecule has 4 rings (SSSR count). The second kappa shape index (κ2) is 5.73. The fraction of sp³-hybridized carbons (Fsp3) is 0.294. The molecule has 0 unspecified atom stereocenters. The van der Waals surface area contributed by atoms with Crippen molar-refractivity contribution >= 4 is 33.2 Å². The summed E-state index contributed by atoms with van der Waals surface area (Å²) in [6.07, 6.45) is 4.75. The van der Waals surface area contributed by atoms with Crippen LogP contribution < -0.4 is 4.74 Å². The van der Waals surface area contributed by atoms with Crippen LogP contribution in [0.15, 0.2) is 24.5 Å². The number of benzene rings is 1. The summed E-state index contributed by atoms with van der Waals surface area (Å²) in [4.78, 5) is 11.0. The first kappa shape index (κ1) is 14.8. The van der Waals surface area contributed by atoms with Crippen LogP contribution in [0.25, 0.3) is 10.2 Å². The van der Waals surface area contributed by atoms with E-state index in [1.165, 1.54) is 35.0 Å². The third-order valence-corrected chi connectivity index (χ3v) is 5.62. The van der Waals surface area contributed by atoms with Crippen LogP contribution in [0, 0.1) is 11.7 Å². The number of aryl methyl sites for hydroxylation is 1. The average molecular weight is 349 g/mol. The number of nitrogens with zero attached hydrogens (tertiary/aromatic N) is 2. The zero-order valence-electron chi connectivity index (χ0n) is 12.5. The summed E-state index contributed by atoms with van der Waals surface area (Å²) < 4.78 is 19.1. The Morgan fingerprint density at radius 3 is 3.04 bits per heavy atom. The van der Waals surface area contributed by atoms with Crippen LogP contribution in [0.4, 0.5) is 4.39 Å². The smallest absolute Gasteiger partial charge is 0.231 e. The summed E-state index contributed by atoms with van der Waals surface area (Å²) in [5.41, 5.74) is 1.29. The van der Waals surface area contributed by atoms with E-state index in [1.54, 1.807) is 11.3 Å². The van der Waals surface area contributed by atoms with Crippen LogP contribution in [-0.2, 0) is 12.8 Å². The van der Waals surface area contributed by atoms with Gasteiger partial charge < -0.3 is 4.74 Å². The Morgan fingerprint density at radius 2 is 2.22 bits per heavy atom. The first-order valence-electron chi connectivity index (χ1n) is 7.50. The molecule has 1 aromatic carbocycles. The minimum atomic E-state index is -0.392.